The van der Waals surface area contributed by atoms with E-state index in [-0.39, 0.29) is 17.6 Å². The summed E-state index contributed by atoms with van der Waals surface area (Å²) in [4.78, 5) is 29.9. The maximum Gasteiger partial charge on any atom is 0.254 e. The molecule has 0 bridgehead atoms. The number of piperidine rings is 1. The van der Waals surface area contributed by atoms with Crippen LogP contribution < -0.4 is 5.32 Å². The summed E-state index contributed by atoms with van der Waals surface area (Å²) >= 11 is 0. The third kappa shape index (κ3) is 6.03. The topological polar surface area (TPSA) is 52.7 Å². The van der Waals surface area contributed by atoms with Crippen molar-refractivity contribution in [3.05, 3.63) is 70.5 Å². The van der Waals surface area contributed by atoms with Gasteiger partial charge >= 0.3 is 0 Å². The molecule has 2 amide bonds. The molecule has 2 aliphatic rings. The number of carbonyl (C=O) groups is 2. The lowest BCUT2D eigenvalue weighted by Crippen LogP contribution is -2.41. The average molecular weight is 466 g/mol. The van der Waals surface area contributed by atoms with Crippen LogP contribution in [0.3, 0.4) is 0 Å². The predicted molar refractivity (Wildman–Crippen MR) is 132 cm³/mol. The van der Waals surface area contributed by atoms with Crippen LogP contribution in [-0.2, 0) is 13.1 Å². The van der Waals surface area contributed by atoms with Gasteiger partial charge in [0.15, 0.2) is 0 Å². The van der Waals surface area contributed by atoms with E-state index in [1.54, 1.807) is 23.1 Å². The fourth-order valence-electron chi connectivity index (χ4n) is 5.19. The minimum Gasteiger partial charge on any atom is -0.352 e. The zero-order valence-electron chi connectivity index (χ0n) is 20.2. The lowest BCUT2D eigenvalue weighted by molar-refractivity contribution is 0.0766. The molecule has 34 heavy (non-hydrogen) atoms. The van der Waals surface area contributed by atoms with Crippen molar-refractivity contribution in [2.24, 2.45) is 0 Å². The molecule has 1 unspecified atom stereocenters. The molecule has 5 nitrogen and oxygen atoms in total. The maximum absolute atomic E-state index is 13.5. The van der Waals surface area contributed by atoms with Crippen LogP contribution in [0.15, 0.2) is 42.5 Å². The van der Waals surface area contributed by atoms with Gasteiger partial charge in [-0.15, -0.1) is 0 Å². The van der Waals surface area contributed by atoms with Crippen LogP contribution in [0.2, 0.25) is 0 Å². The van der Waals surface area contributed by atoms with Gasteiger partial charge in [0, 0.05) is 43.3 Å². The van der Waals surface area contributed by atoms with Gasteiger partial charge in [0.05, 0.1) is 0 Å². The molecular weight excluding hydrogens is 429 g/mol. The number of fused-ring (bicyclic) bond motifs is 1. The Morgan fingerprint density at radius 3 is 2.85 bits per heavy atom. The van der Waals surface area contributed by atoms with Gasteiger partial charge < -0.3 is 15.1 Å². The Hall–Kier alpha value is -2.73. The number of likely N-dealkylation sites (tertiary alicyclic amines) is 1. The van der Waals surface area contributed by atoms with Crippen LogP contribution in [0, 0.1) is 5.82 Å². The molecule has 2 heterocycles. The van der Waals surface area contributed by atoms with E-state index in [1.165, 1.54) is 57.2 Å². The van der Waals surface area contributed by atoms with E-state index in [4.69, 9.17) is 0 Å². The Bertz CT molecular complexity index is 1010. The highest BCUT2D eigenvalue weighted by molar-refractivity contribution is 6.02. The number of hydrogen-bond acceptors (Lipinski definition) is 3. The number of unbranched alkanes of at least 4 members (excludes halogenated alkanes) is 1. The summed E-state index contributed by atoms with van der Waals surface area (Å²) in [7, 11) is 0. The minimum atomic E-state index is -0.308. The second-order valence-electron chi connectivity index (χ2n) is 9.60. The number of hydrogen-bond donors (Lipinski definition) is 1. The summed E-state index contributed by atoms with van der Waals surface area (Å²) in [5.74, 6) is -0.560. The quantitative estimate of drug-likeness (QED) is 0.494. The second-order valence-corrected chi connectivity index (χ2v) is 9.60. The predicted octanol–water partition coefficient (Wildman–Crippen LogP) is 5.15. The van der Waals surface area contributed by atoms with E-state index in [2.05, 4.69) is 17.1 Å². The summed E-state index contributed by atoms with van der Waals surface area (Å²) in [5, 5.41) is 3.03. The van der Waals surface area contributed by atoms with E-state index in [0.29, 0.717) is 36.8 Å². The summed E-state index contributed by atoms with van der Waals surface area (Å²) < 4.78 is 13.5. The second kappa shape index (κ2) is 11.6. The highest BCUT2D eigenvalue weighted by Crippen LogP contribution is 2.26. The normalized spacial score (nSPS) is 18.2. The Labute approximate surface area is 202 Å². The van der Waals surface area contributed by atoms with E-state index >= 15 is 0 Å². The number of nitrogens with one attached hydrogen (secondary N) is 1. The van der Waals surface area contributed by atoms with Gasteiger partial charge in [-0.1, -0.05) is 44.4 Å². The SMILES string of the molecule is CCCCC1CCCCN1CCCNC(=O)c1ccc2c(c1)C(=O)N(Cc1cccc(F)c1)C2. The van der Waals surface area contributed by atoms with Gasteiger partial charge in [0.2, 0.25) is 0 Å². The van der Waals surface area contributed by atoms with Crippen molar-refractivity contribution >= 4 is 11.8 Å². The van der Waals surface area contributed by atoms with Crippen LogP contribution in [0.4, 0.5) is 4.39 Å². The smallest absolute Gasteiger partial charge is 0.254 e. The number of benzene rings is 2. The Kier molecular flexibility index (Phi) is 8.33. The standard InChI is InChI=1S/C28H36FN3O2/c1-2-3-10-25-11-4-5-15-31(25)16-7-14-30-27(33)22-12-13-23-20-32(28(34)26(23)18-22)19-21-8-6-9-24(29)17-21/h6,8-9,12-13,17-18,25H,2-5,7,10-11,14-16,19-20H2,1H3,(H,30,33). The highest BCUT2D eigenvalue weighted by atomic mass is 19.1. The number of nitrogens with zero attached hydrogens (tertiary/aromatic N) is 2. The van der Waals surface area contributed by atoms with E-state index in [1.807, 2.05) is 12.1 Å². The molecule has 1 fully saturated rings. The molecule has 1 N–H and O–H groups in total. The zero-order valence-corrected chi connectivity index (χ0v) is 20.2. The van der Waals surface area contributed by atoms with Gasteiger partial charge in [0.1, 0.15) is 5.82 Å². The van der Waals surface area contributed by atoms with E-state index in [0.717, 1.165) is 24.1 Å². The van der Waals surface area contributed by atoms with Gasteiger partial charge in [-0.25, -0.2) is 4.39 Å². The van der Waals surface area contributed by atoms with Crippen molar-refractivity contribution in [3.63, 3.8) is 0 Å². The monoisotopic (exact) mass is 465 g/mol. The first-order valence-corrected chi connectivity index (χ1v) is 12.7. The Balaban J connectivity index is 1.27. The van der Waals surface area contributed by atoms with Gasteiger partial charge in [0.25, 0.3) is 11.8 Å². The van der Waals surface area contributed by atoms with Crippen molar-refractivity contribution in [1.82, 2.24) is 15.1 Å². The molecule has 0 aromatic heterocycles. The summed E-state index contributed by atoms with van der Waals surface area (Å²) in [6.07, 6.45) is 8.64. The maximum atomic E-state index is 13.5. The van der Waals surface area contributed by atoms with E-state index < -0.39 is 0 Å². The molecule has 0 radical (unpaired) electrons. The van der Waals surface area contributed by atoms with Gasteiger partial charge in [-0.3, -0.25) is 9.59 Å². The Morgan fingerprint density at radius 2 is 2.03 bits per heavy atom. The van der Waals surface area contributed by atoms with Gasteiger partial charge in [-0.2, -0.15) is 0 Å². The zero-order chi connectivity index (χ0) is 23.9. The van der Waals surface area contributed by atoms with Crippen molar-refractivity contribution < 1.29 is 14.0 Å². The molecule has 1 saturated heterocycles. The first-order valence-electron chi connectivity index (χ1n) is 12.7. The van der Waals surface area contributed by atoms with Crippen LogP contribution >= 0.6 is 0 Å². The van der Waals surface area contributed by atoms with Crippen molar-refractivity contribution in [2.75, 3.05) is 19.6 Å². The van der Waals surface area contributed by atoms with E-state index in [9.17, 15) is 14.0 Å². The van der Waals surface area contributed by atoms with Gasteiger partial charge in [-0.05, 0) is 67.6 Å². The summed E-state index contributed by atoms with van der Waals surface area (Å²) in [6.45, 7) is 5.89. The molecule has 0 saturated carbocycles. The molecule has 4 rings (SSSR count). The first kappa shape index (κ1) is 24.4. The molecule has 2 aromatic carbocycles. The third-order valence-electron chi connectivity index (χ3n) is 7.06. The molecule has 6 heteroatoms. The highest BCUT2D eigenvalue weighted by Gasteiger charge is 2.28. The summed E-state index contributed by atoms with van der Waals surface area (Å²) in [5.41, 5.74) is 2.74. The fraction of sp³-hybridized carbons (Fsp3) is 0.500. The third-order valence-corrected chi connectivity index (χ3v) is 7.06. The minimum absolute atomic E-state index is 0.114. The van der Waals surface area contributed by atoms with Crippen molar-refractivity contribution in [1.29, 1.82) is 0 Å². The number of rotatable bonds is 10. The van der Waals surface area contributed by atoms with Crippen LogP contribution in [0.5, 0.6) is 0 Å². The van der Waals surface area contributed by atoms with Crippen LogP contribution in [-0.4, -0.2) is 47.3 Å². The molecule has 2 aromatic rings. The largest absolute Gasteiger partial charge is 0.352 e. The molecule has 0 spiro atoms. The molecule has 1 atom stereocenters. The number of halogens is 1. The van der Waals surface area contributed by atoms with Crippen molar-refractivity contribution in [2.45, 2.75) is 71.0 Å². The summed E-state index contributed by atoms with van der Waals surface area (Å²) in [6, 6.07) is 12.4. The van der Waals surface area contributed by atoms with Crippen molar-refractivity contribution in [3.8, 4) is 0 Å². The number of amides is 2. The molecule has 2 aliphatic heterocycles. The average Bonchev–Trinajstić information content (AvgIpc) is 3.15. The molecule has 0 aliphatic carbocycles. The molecule has 182 valence electrons. The fourth-order valence-corrected chi connectivity index (χ4v) is 5.19. The molecular formula is C28H36FN3O2. The lowest BCUT2D eigenvalue weighted by Gasteiger charge is -2.36. The Morgan fingerprint density at radius 1 is 1.15 bits per heavy atom. The number of carbonyl (C=O) groups excluding carboxylic acids is 2. The van der Waals surface area contributed by atoms with Crippen LogP contribution in [0.25, 0.3) is 0 Å². The first-order chi connectivity index (χ1) is 16.5. The lowest BCUT2D eigenvalue weighted by atomic mass is 9.97. The van der Waals surface area contributed by atoms with Crippen LogP contribution in [0.1, 0.15) is 83.7 Å².